The maximum atomic E-state index is 12.5. The van der Waals surface area contributed by atoms with Crippen LogP contribution in [-0.4, -0.2) is 36.7 Å². The van der Waals surface area contributed by atoms with Crippen molar-refractivity contribution < 1.29 is 13.2 Å². The number of aromatic nitrogens is 1. The fourth-order valence-electron chi connectivity index (χ4n) is 2.05. The summed E-state index contributed by atoms with van der Waals surface area (Å²) in [4.78, 5) is 15.1. The minimum absolute atomic E-state index is 0.0491. The maximum absolute atomic E-state index is 12.5. The monoisotopic (exact) mass is 381 g/mol. The lowest BCUT2D eigenvalue weighted by molar-refractivity contribution is -0.126. The van der Waals surface area contributed by atoms with Gasteiger partial charge in [-0.2, -0.15) is 4.31 Å². The van der Waals surface area contributed by atoms with Gasteiger partial charge in [-0.05, 0) is 35.3 Å². The van der Waals surface area contributed by atoms with E-state index in [2.05, 4.69) is 20.9 Å². The van der Waals surface area contributed by atoms with Crippen molar-refractivity contribution in [2.24, 2.45) is 11.1 Å². The molecule has 0 aromatic carbocycles. The van der Waals surface area contributed by atoms with Crippen molar-refractivity contribution in [3.63, 3.8) is 0 Å². The minimum Gasteiger partial charge on any atom is -0.369 e. The summed E-state index contributed by atoms with van der Waals surface area (Å²) in [6.07, 6.45) is 1.81. The summed E-state index contributed by atoms with van der Waals surface area (Å²) in [7, 11) is -3.80. The second-order valence-electron chi connectivity index (χ2n) is 4.96. The Morgan fingerprint density at radius 3 is 2.80 bits per heavy atom. The average molecular weight is 383 g/mol. The smallest absolute Gasteiger partial charge is 0.246 e. The predicted octanol–water partition coefficient (Wildman–Crippen LogP) is 1.38. The maximum Gasteiger partial charge on any atom is 0.246 e. The fraction of sp³-hybridized carbons (Fsp3) is 0.455. The van der Waals surface area contributed by atoms with Crippen LogP contribution in [0.15, 0.2) is 21.6 Å². The second kappa shape index (κ2) is 5.25. The second-order valence-corrected chi connectivity index (χ2v) is 8.14. The van der Waals surface area contributed by atoms with Crippen molar-refractivity contribution in [3.05, 3.63) is 21.9 Å². The van der Waals surface area contributed by atoms with Crippen LogP contribution in [0.4, 0.5) is 0 Å². The van der Waals surface area contributed by atoms with Crippen molar-refractivity contribution in [2.45, 2.75) is 18.2 Å². The number of sulfonamides is 1. The van der Waals surface area contributed by atoms with Crippen LogP contribution in [0.5, 0.6) is 0 Å². The summed E-state index contributed by atoms with van der Waals surface area (Å²) >= 11 is 9.03. The molecule has 1 aliphatic rings. The van der Waals surface area contributed by atoms with Crippen LogP contribution in [0, 0.1) is 5.41 Å². The molecular formula is C11H13BrClN3O3S. The third-order valence-electron chi connectivity index (χ3n) is 3.42. The molecule has 1 unspecified atom stereocenters. The quantitative estimate of drug-likeness (QED) is 0.799. The van der Waals surface area contributed by atoms with Gasteiger partial charge in [-0.15, -0.1) is 0 Å². The van der Waals surface area contributed by atoms with Gasteiger partial charge in [-0.3, -0.25) is 4.79 Å². The van der Waals surface area contributed by atoms with Gasteiger partial charge in [0.2, 0.25) is 15.9 Å². The highest BCUT2D eigenvalue weighted by atomic mass is 79.9. The lowest BCUT2D eigenvalue weighted by Crippen LogP contribution is -2.38. The largest absolute Gasteiger partial charge is 0.369 e. The van der Waals surface area contributed by atoms with Gasteiger partial charge in [0.25, 0.3) is 0 Å². The topological polar surface area (TPSA) is 93.4 Å². The zero-order valence-corrected chi connectivity index (χ0v) is 13.8. The number of nitrogens with two attached hydrogens (primary N) is 1. The Bertz CT molecular complexity index is 667. The Morgan fingerprint density at radius 1 is 1.60 bits per heavy atom. The number of nitrogens with zero attached hydrogens (tertiary/aromatic N) is 2. The van der Waals surface area contributed by atoms with Gasteiger partial charge in [-0.25, -0.2) is 13.4 Å². The summed E-state index contributed by atoms with van der Waals surface area (Å²) in [5.74, 6) is -0.506. The van der Waals surface area contributed by atoms with Crippen molar-refractivity contribution >= 4 is 43.5 Å². The number of carbonyl (C=O) groups excluding carboxylic acids is 1. The van der Waals surface area contributed by atoms with Gasteiger partial charge in [0.15, 0.2) is 0 Å². The molecule has 9 heteroatoms. The highest BCUT2D eigenvalue weighted by Crippen LogP contribution is 2.35. The average Bonchev–Trinajstić information content (AvgIpc) is 2.77. The predicted molar refractivity (Wildman–Crippen MR) is 77.6 cm³/mol. The van der Waals surface area contributed by atoms with Gasteiger partial charge in [0.05, 0.1) is 5.41 Å². The summed E-state index contributed by atoms with van der Waals surface area (Å²) in [6.45, 7) is 1.93. The van der Waals surface area contributed by atoms with Crippen LogP contribution in [0.3, 0.4) is 0 Å². The summed E-state index contributed by atoms with van der Waals surface area (Å²) in [5, 5.41) is -0.0964. The lowest BCUT2D eigenvalue weighted by Gasteiger charge is -2.21. The van der Waals surface area contributed by atoms with Crippen LogP contribution >= 0.6 is 27.5 Å². The molecule has 2 N–H and O–H groups in total. The number of rotatable bonds is 3. The highest BCUT2D eigenvalue weighted by molar-refractivity contribution is 9.10. The number of pyridine rings is 1. The van der Waals surface area contributed by atoms with E-state index in [1.54, 1.807) is 6.92 Å². The molecule has 2 heterocycles. The fourth-order valence-corrected chi connectivity index (χ4v) is 4.53. The number of carbonyl (C=O) groups is 1. The molecule has 1 fully saturated rings. The number of amides is 1. The third kappa shape index (κ3) is 2.69. The van der Waals surface area contributed by atoms with Crippen molar-refractivity contribution in [1.82, 2.24) is 9.29 Å². The van der Waals surface area contributed by atoms with Crippen LogP contribution in [0.25, 0.3) is 0 Å². The molecule has 0 radical (unpaired) electrons. The Morgan fingerprint density at radius 2 is 2.25 bits per heavy atom. The zero-order valence-electron chi connectivity index (χ0n) is 10.6. The molecule has 20 heavy (non-hydrogen) atoms. The van der Waals surface area contributed by atoms with Gasteiger partial charge in [-0.1, -0.05) is 11.6 Å². The Balaban J connectivity index is 2.38. The summed E-state index contributed by atoms with van der Waals surface area (Å²) in [6, 6.07) is 1.39. The number of hydrogen-bond donors (Lipinski definition) is 1. The molecule has 2 rings (SSSR count). The third-order valence-corrected chi connectivity index (χ3v) is 6.13. The zero-order chi connectivity index (χ0) is 15.1. The molecule has 6 nitrogen and oxygen atoms in total. The van der Waals surface area contributed by atoms with E-state index in [1.807, 2.05) is 0 Å². The van der Waals surface area contributed by atoms with Gasteiger partial charge < -0.3 is 5.73 Å². The normalized spacial score (nSPS) is 23.9. The number of hydrogen-bond acceptors (Lipinski definition) is 4. The number of halogens is 2. The molecule has 1 aromatic heterocycles. The molecule has 1 saturated heterocycles. The highest BCUT2D eigenvalue weighted by Gasteiger charge is 2.44. The molecular weight excluding hydrogens is 370 g/mol. The summed E-state index contributed by atoms with van der Waals surface area (Å²) < 4.78 is 26.8. The molecule has 1 aromatic rings. The van der Waals surface area contributed by atoms with E-state index in [0.717, 1.165) is 0 Å². The van der Waals surface area contributed by atoms with E-state index < -0.39 is 21.3 Å². The first-order valence-corrected chi connectivity index (χ1v) is 8.39. The van der Waals surface area contributed by atoms with Crippen LogP contribution in [0.1, 0.15) is 13.3 Å². The van der Waals surface area contributed by atoms with Gasteiger partial charge in [0, 0.05) is 23.8 Å². The van der Waals surface area contributed by atoms with E-state index in [9.17, 15) is 13.2 Å². The Hall–Kier alpha value is -0.700. The molecule has 1 amide bonds. The molecule has 0 spiro atoms. The first-order chi connectivity index (χ1) is 9.17. The Labute approximate surface area is 130 Å². The first kappa shape index (κ1) is 15.7. The molecule has 0 saturated carbocycles. The van der Waals surface area contributed by atoms with Crippen molar-refractivity contribution in [1.29, 1.82) is 0 Å². The van der Waals surface area contributed by atoms with E-state index >= 15 is 0 Å². The standard InChI is InChI=1S/C11H13BrClN3O3S/c1-11(10(14)17)2-3-16(6-11)20(18,19)8-4-7(12)5-15-9(8)13/h4-5H,2-3,6H2,1H3,(H2,14,17). The SMILES string of the molecule is CC1(C(N)=O)CCN(S(=O)(=O)c2cc(Br)cnc2Cl)C1. The lowest BCUT2D eigenvalue weighted by atomic mass is 9.89. The first-order valence-electron chi connectivity index (χ1n) is 5.78. The molecule has 1 atom stereocenters. The van der Waals surface area contributed by atoms with E-state index in [1.165, 1.54) is 16.6 Å². The van der Waals surface area contributed by atoms with Crippen LogP contribution in [-0.2, 0) is 14.8 Å². The Kier molecular flexibility index (Phi) is 4.12. The van der Waals surface area contributed by atoms with Crippen LogP contribution in [0.2, 0.25) is 5.15 Å². The van der Waals surface area contributed by atoms with E-state index in [0.29, 0.717) is 10.9 Å². The van der Waals surface area contributed by atoms with E-state index in [-0.39, 0.29) is 23.1 Å². The summed E-state index contributed by atoms with van der Waals surface area (Å²) in [5.41, 5.74) is 4.48. The van der Waals surface area contributed by atoms with Crippen LogP contribution < -0.4 is 5.73 Å². The molecule has 1 aliphatic heterocycles. The molecule has 0 aliphatic carbocycles. The van der Waals surface area contributed by atoms with E-state index in [4.69, 9.17) is 17.3 Å². The minimum atomic E-state index is -3.80. The molecule has 0 bridgehead atoms. The van der Waals surface area contributed by atoms with Crippen molar-refractivity contribution in [2.75, 3.05) is 13.1 Å². The number of primary amides is 1. The molecule has 110 valence electrons. The van der Waals surface area contributed by atoms with Gasteiger partial charge >= 0.3 is 0 Å². The van der Waals surface area contributed by atoms with Crippen molar-refractivity contribution in [3.8, 4) is 0 Å². The van der Waals surface area contributed by atoms with Gasteiger partial charge in [0.1, 0.15) is 10.0 Å².